The van der Waals surface area contributed by atoms with Crippen LogP contribution in [0.5, 0.6) is 23.0 Å². The van der Waals surface area contributed by atoms with Gasteiger partial charge in [-0.3, -0.25) is 4.79 Å². The third kappa shape index (κ3) is 4.55. The molecule has 0 atom stereocenters. The molecule has 0 spiro atoms. The lowest BCUT2D eigenvalue weighted by molar-refractivity contribution is 0.103. The Morgan fingerprint density at radius 1 is 0.389 bits per heavy atom. The number of carbonyl (C=O) groups excluding carboxylic acids is 1. The van der Waals surface area contributed by atoms with E-state index in [0.29, 0.717) is 22.6 Å². The molecule has 0 saturated carbocycles. The Hall–Kier alpha value is -4.89. The average Bonchev–Trinajstić information content (AvgIpc) is 2.93. The van der Waals surface area contributed by atoms with Crippen molar-refractivity contribution in [2.24, 2.45) is 0 Å². The number of ketones is 1. The lowest BCUT2D eigenvalue weighted by Crippen LogP contribution is -2.01. The zero-order valence-corrected chi connectivity index (χ0v) is 19.4. The Kier molecular flexibility index (Phi) is 5.65. The standard InChI is InChI=1S/C33H22O3/c34-33(25-11-15-29(16-12-25)35-31-19-9-23-5-1-3-7-27(23)21-31)26-13-17-30(18-14-26)36-32-20-10-24-6-2-4-8-28(24)22-32/h1-22H. The van der Waals surface area contributed by atoms with Crippen molar-refractivity contribution in [1.29, 1.82) is 0 Å². The molecule has 3 nitrogen and oxygen atoms in total. The first-order chi connectivity index (χ1) is 17.7. The summed E-state index contributed by atoms with van der Waals surface area (Å²) in [5, 5.41) is 4.57. The van der Waals surface area contributed by atoms with Gasteiger partial charge in [0.1, 0.15) is 23.0 Å². The summed E-state index contributed by atoms with van der Waals surface area (Å²) in [5.74, 6) is 2.83. The molecule has 0 unspecified atom stereocenters. The van der Waals surface area contributed by atoms with E-state index in [0.717, 1.165) is 22.3 Å². The van der Waals surface area contributed by atoms with Gasteiger partial charge >= 0.3 is 0 Å². The van der Waals surface area contributed by atoms with Gasteiger partial charge in [0.25, 0.3) is 0 Å². The van der Waals surface area contributed by atoms with Crippen LogP contribution in [-0.2, 0) is 0 Å². The molecule has 0 aliphatic carbocycles. The molecule has 3 heteroatoms. The number of carbonyl (C=O) groups is 1. The third-order valence-electron chi connectivity index (χ3n) is 6.15. The Balaban J connectivity index is 1.13. The van der Waals surface area contributed by atoms with E-state index in [-0.39, 0.29) is 5.78 Å². The molecule has 0 aliphatic rings. The van der Waals surface area contributed by atoms with E-state index in [9.17, 15) is 4.79 Å². The normalized spacial score (nSPS) is 10.9. The molecule has 0 amide bonds. The van der Waals surface area contributed by atoms with E-state index in [4.69, 9.17) is 9.47 Å². The van der Waals surface area contributed by atoms with Crippen molar-refractivity contribution in [1.82, 2.24) is 0 Å². The summed E-state index contributed by atoms with van der Waals surface area (Å²) in [4.78, 5) is 13.0. The van der Waals surface area contributed by atoms with Crippen LogP contribution >= 0.6 is 0 Å². The maximum Gasteiger partial charge on any atom is 0.193 e. The minimum absolute atomic E-state index is 0.0514. The van der Waals surface area contributed by atoms with Gasteiger partial charge in [0.05, 0.1) is 0 Å². The predicted octanol–water partition coefficient (Wildman–Crippen LogP) is 8.81. The van der Waals surface area contributed by atoms with Gasteiger partial charge in [-0.2, -0.15) is 0 Å². The third-order valence-corrected chi connectivity index (χ3v) is 6.15. The van der Waals surface area contributed by atoms with Crippen LogP contribution in [0.4, 0.5) is 0 Å². The smallest absolute Gasteiger partial charge is 0.193 e. The first-order valence-electron chi connectivity index (χ1n) is 11.8. The van der Waals surface area contributed by atoms with Gasteiger partial charge in [-0.15, -0.1) is 0 Å². The lowest BCUT2D eigenvalue weighted by Gasteiger charge is -2.09. The van der Waals surface area contributed by atoms with Crippen LogP contribution in [-0.4, -0.2) is 5.78 Å². The van der Waals surface area contributed by atoms with E-state index < -0.39 is 0 Å². The maximum atomic E-state index is 13.0. The molecule has 0 aromatic heterocycles. The molecule has 0 radical (unpaired) electrons. The summed E-state index contributed by atoms with van der Waals surface area (Å²) in [6.45, 7) is 0. The molecule has 6 aromatic carbocycles. The quantitative estimate of drug-likeness (QED) is 0.230. The van der Waals surface area contributed by atoms with Crippen molar-refractivity contribution < 1.29 is 14.3 Å². The fourth-order valence-electron chi connectivity index (χ4n) is 4.25. The second kappa shape index (κ2) is 9.40. The molecule has 172 valence electrons. The second-order valence-corrected chi connectivity index (χ2v) is 8.60. The van der Waals surface area contributed by atoms with E-state index in [2.05, 4.69) is 24.3 Å². The number of hydrogen-bond donors (Lipinski definition) is 0. The highest BCUT2D eigenvalue weighted by molar-refractivity contribution is 6.09. The van der Waals surface area contributed by atoms with Gasteiger partial charge in [-0.25, -0.2) is 0 Å². The Morgan fingerprint density at radius 3 is 1.17 bits per heavy atom. The summed E-state index contributed by atoms with van der Waals surface area (Å²) in [6, 6.07) is 42.7. The Labute approximate surface area is 209 Å². The highest BCUT2D eigenvalue weighted by Crippen LogP contribution is 2.28. The van der Waals surface area contributed by atoms with Crippen LogP contribution in [0.25, 0.3) is 21.5 Å². The van der Waals surface area contributed by atoms with Crippen LogP contribution in [0.1, 0.15) is 15.9 Å². The van der Waals surface area contributed by atoms with Crippen molar-refractivity contribution in [2.45, 2.75) is 0 Å². The minimum Gasteiger partial charge on any atom is -0.457 e. The van der Waals surface area contributed by atoms with E-state index in [1.165, 1.54) is 10.8 Å². The van der Waals surface area contributed by atoms with Gasteiger partial charge < -0.3 is 9.47 Å². The zero-order valence-electron chi connectivity index (χ0n) is 19.4. The molecule has 0 bridgehead atoms. The van der Waals surface area contributed by atoms with Crippen molar-refractivity contribution in [3.05, 3.63) is 145 Å². The summed E-state index contributed by atoms with van der Waals surface area (Å²) in [6.07, 6.45) is 0. The fraction of sp³-hybridized carbons (Fsp3) is 0. The zero-order chi connectivity index (χ0) is 24.3. The Morgan fingerprint density at radius 2 is 0.750 bits per heavy atom. The van der Waals surface area contributed by atoms with Gasteiger partial charge in [0.15, 0.2) is 5.78 Å². The van der Waals surface area contributed by atoms with Crippen molar-refractivity contribution in [3.8, 4) is 23.0 Å². The maximum absolute atomic E-state index is 13.0. The van der Waals surface area contributed by atoms with Crippen LogP contribution in [0, 0.1) is 0 Å². The highest BCUT2D eigenvalue weighted by Gasteiger charge is 2.10. The SMILES string of the molecule is O=C(c1ccc(Oc2ccc3ccccc3c2)cc1)c1ccc(Oc2ccc3ccccc3c2)cc1. The Bertz CT molecular complexity index is 1560. The van der Waals surface area contributed by atoms with Crippen molar-refractivity contribution >= 4 is 27.3 Å². The first kappa shape index (κ1) is 21.6. The topological polar surface area (TPSA) is 35.5 Å². The number of hydrogen-bond acceptors (Lipinski definition) is 3. The van der Waals surface area contributed by atoms with Crippen molar-refractivity contribution in [3.63, 3.8) is 0 Å². The fourth-order valence-corrected chi connectivity index (χ4v) is 4.25. The molecular weight excluding hydrogens is 444 g/mol. The highest BCUT2D eigenvalue weighted by atomic mass is 16.5. The molecule has 0 heterocycles. The number of rotatable bonds is 6. The monoisotopic (exact) mass is 466 g/mol. The van der Waals surface area contributed by atoms with E-state index in [1.807, 2.05) is 84.9 Å². The van der Waals surface area contributed by atoms with Crippen LogP contribution < -0.4 is 9.47 Å². The molecule has 0 aliphatic heterocycles. The number of ether oxygens (including phenoxy) is 2. The lowest BCUT2D eigenvalue weighted by atomic mass is 10.0. The van der Waals surface area contributed by atoms with Gasteiger partial charge in [0.2, 0.25) is 0 Å². The van der Waals surface area contributed by atoms with Gasteiger partial charge in [0, 0.05) is 11.1 Å². The molecule has 6 aromatic rings. The number of fused-ring (bicyclic) bond motifs is 2. The largest absolute Gasteiger partial charge is 0.457 e. The van der Waals surface area contributed by atoms with Crippen LogP contribution in [0.2, 0.25) is 0 Å². The van der Waals surface area contributed by atoms with E-state index in [1.54, 1.807) is 24.3 Å². The molecule has 36 heavy (non-hydrogen) atoms. The van der Waals surface area contributed by atoms with Gasteiger partial charge in [-0.05, 0) is 94.3 Å². The van der Waals surface area contributed by atoms with Crippen LogP contribution in [0.3, 0.4) is 0 Å². The second-order valence-electron chi connectivity index (χ2n) is 8.60. The molecular formula is C33H22O3. The molecule has 0 saturated heterocycles. The predicted molar refractivity (Wildman–Crippen MR) is 144 cm³/mol. The summed E-state index contributed by atoms with van der Waals surface area (Å²) >= 11 is 0. The van der Waals surface area contributed by atoms with Crippen molar-refractivity contribution in [2.75, 3.05) is 0 Å². The molecule has 0 N–H and O–H groups in total. The van der Waals surface area contributed by atoms with Crippen LogP contribution in [0.15, 0.2) is 133 Å². The first-order valence-corrected chi connectivity index (χ1v) is 11.8. The summed E-state index contributed by atoms with van der Waals surface area (Å²) in [5.41, 5.74) is 1.20. The summed E-state index contributed by atoms with van der Waals surface area (Å²) < 4.78 is 12.0. The minimum atomic E-state index is -0.0514. The summed E-state index contributed by atoms with van der Waals surface area (Å²) in [7, 11) is 0. The number of benzene rings is 6. The average molecular weight is 467 g/mol. The molecule has 0 fully saturated rings. The molecule has 6 rings (SSSR count). The van der Waals surface area contributed by atoms with E-state index >= 15 is 0 Å². The van der Waals surface area contributed by atoms with Gasteiger partial charge in [-0.1, -0.05) is 60.7 Å².